The molecule has 0 radical (unpaired) electrons. The van der Waals surface area contributed by atoms with Crippen molar-refractivity contribution in [3.05, 3.63) is 77.9 Å². The molecule has 0 bridgehead atoms. The van der Waals surface area contributed by atoms with Crippen molar-refractivity contribution in [1.82, 2.24) is 4.98 Å². The number of rotatable bonds is 4. The van der Waals surface area contributed by atoms with Crippen LogP contribution in [0.1, 0.15) is 18.1 Å². The Kier molecular flexibility index (Phi) is 5.11. The lowest BCUT2D eigenvalue weighted by Crippen LogP contribution is -2.30. The molecule has 4 N–H and O–H groups in total. The van der Waals surface area contributed by atoms with Crippen LogP contribution in [0.3, 0.4) is 0 Å². The van der Waals surface area contributed by atoms with Crippen molar-refractivity contribution in [1.29, 1.82) is 0 Å². The molecule has 0 aliphatic carbocycles. The van der Waals surface area contributed by atoms with Crippen LogP contribution in [0.2, 0.25) is 0 Å². The lowest BCUT2D eigenvalue weighted by Gasteiger charge is -2.25. The second kappa shape index (κ2) is 8.02. The highest BCUT2D eigenvalue weighted by atomic mass is 16.5. The molecule has 0 fully saturated rings. The molecule has 3 aromatic rings. The Hall–Kier alpha value is -3.87. The van der Waals surface area contributed by atoms with Gasteiger partial charge < -0.3 is 15.8 Å². The average molecular weight is 387 g/mol. The van der Waals surface area contributed by atoms with Crippen LogP contribution < -0.4 is 16.4 Å². The minimum absolute atomic E-state index is 0.0235. The Morgan fingerprint density at radius 1 is 1.14 bits per heavy atom. The average Bonchev–Trinajstić information content (AvgIpc) is 2.73. The number of pyridine rings is 1. The summed E-state index contributed by atoms with van der Waals surface area (Å²) in [6, 6.07) is 21.0. The Morgan fingerprint density at radius 3 is 2.55 bits per heavy atom. The maximum atomic E-state index is 12.1. The Balaban J connectivity index is 1.51. The second-order valence-electron chi connectivity index (χ2n) is 6.70. The maximum Gasteiger partial charge on any atom is 0.413 e. The van der Waals surface area contributed by atoms with Crippen LogP contribution in [-0.4, -0.2) is 22.8 Å². The molecule has 0 saturated carbocycles. The molecule has 0 saturated heterocycles. The number of fused-ring (bicyclic) bond motifs is 1. The van der Waals surface area contributed by atoms with Gasteiger partial charge in [0, 0.05) is 6.07 Å². The first-order valence-electron chi connectivity index (χ1n) is 9.29. The third-order valence-corrected chi connectivity index (χ3v) is 4.55. The summed E-state index contributed by atoms with van der Waals surface area (Å²) in [5, 5.41) is 6.00. The van der Waals surface area contributed by atoms with Crippen molar-refractivity contribution in [2.24, 2.45) is 4.99 Å². The van der Waals surface area contributed by atoms with E-state index in [0.717, 1.165) is 16.8 Å². The van der Waals surface area contributed by atoms with Crippen molar-refractivity contribution in [2.45, 2.75) is 19.6 Å². The minimum atomic E-state index is -0.599. The van der Waals surface area contributed by atoms with E-state index in [4.69, 9.17) is 15.5 Å². The Morgan fingerprint density at radius 2 is 1.83 bits per heavy atom. The number of nitrogen functional groups attached to an aromatic ring is 1. The molecule has 29 heavy (non-hydrogen) atoms. The van der Waals surface area contributed by atoms with E-state index in [1.807, 2.05) is 67.6 Å². The summed E-state index contributed by atoms with van der Waals surface area (Å²) < 4.78 is 5.23. The number of aromatic nitrogens is 1. The van der Waals surface area contributed by atoms with Crippen LogP contribution in [0.15, 0.2) is 71.7 Å². The number of ether oxygens (including phenoxy) is 1. The van der Waals surface area contributed by atoms with Crippen LogP contribution in [0.25, 0.3) is 0 Å². The molecule has 7 heteroatoms. The van der Waals surface area contributed by atoms with Gasteiger partial charge in [-0.25, -0.2) is 14.8 Å². The molecule has 2 heterocycles. The predicted octanol–water partition coefficient (Wildman–Crippen LogP) is 4.35. The monoisotopic (exact) mass is 387 g/mol. The van der Waals surface area contributed by atoms with Crippen LogP contribution >= 0.6 is 0 Å². The van der Waals surface area contributed by atoms with Crippen molar-refractivity contribution >= 4 is 34.8 Å². The topological polar surface area (TPSA) is 102 Å². The molecule has 4 rings (SSSR count). The number of nitrogens with two attached hydrogens (primary N) is 1. The standard InChI is InChI=1S/C22H21N5O2/c1-14-19(16-10-6-3-7-11-16)27-20-17(24-14)12-18(25-21(20)23)26-22(28)29-13-15-8-4-2-5-9-15/h2-12,14,24H,13H2,1H3,(H3,23,25,26,28). The number of carbonyl (C=O) groups excluding carboxylic acids is 1. The zero-order valence-corrected chi connectivity index (χ0v) is 15.9. The molecule has 1 aliphatic heterocycles. The predicted molar refractivity (Wildman–Crippen MR) is 115 cm³/mol. The quantitative estimate of drug-likeness (QED) is 0.618. The number of benzene rings is 2. The molecule has 1 aromatic heterocycles. The molecule has 0 spiro atoms. The molecule has 1 amide bonds. The van der Waals surface area contributed by atoms with Crippen LogP contribution in [0, 0.1) is 0 Å². The zero-order valence-electron chi connectivity index (χ0n) is 15.9. The second-order valence-corrected chi connectivity index (χ2v) is 6.70. The van der Waals surface area contributed by atoms with Gasteiger partial charge in [-0.1, -0.05) is 60.7 Å². The van der Waals surface area contributed by atoms with Gasteiger partial charge in [0.25, 0.3) is 0 Å². The van der Waals surface area contributed by atoms with E-state index in [-0.39, 0.29) is 18.5 Å². The first kappa shape index (κ1) is 18.5. The van der Waals surface area contributed by atoms with E-state index in [9.17, 15) is 4.79 Å². The highest BCUT2D eigenvalue weighted by Crippen LogP contribution is 2.37. The largest absolute Gasteiger partial charge is 0.444 e. The molecular weight excluding hydrogens is 366 g/mol. The third-order valence-electron chi connectivity index (χ3n) is 4.55. The smallest absolute Gasteiger partial charge is 0.413 e. The molecule has 7 nitrogen and oxygen atoms in total. The number of anilines is 3. The lowest BCUT2D eigenvalue weighted by molar-refractivity contribution is 0.155. The summed E-state index contributed by atoms with van der Waals surface area (Å²) in [7, 11) is 0. The number of nitrogens with zero attached hydrogens (tertiary/aromatic N) is 2. The van der Waals surface area contributed by atoms with Gasteiger partial charge in [-0.2, -0.15) is 0 Å². The summed E-state index contributed by atoms with van der Waals surface area (Å²) in [4.78, 5) is 21.1. The van der Waals surface area contributed by atoms with E-state index in [0.29, 0.717) is 17.2 Å². The first-order valence-corrected chi connectivity index (χ1v) is 9.29. The number of carbonyl (C=O) groups is 1. The number of hydrogen-bond acceptors (Lipinski definition) is 6. The van der Waals surface area contributed by atoms with E-state index >= 15 is 0 Å². The number of amides is 1. The fourth-order valence-corrected chi connectivity index (χ4v) is 3.16. The van der Waals surface area contributed by atoms with Crippen molar-refractivity contribution in [2.75, 3.05) is 16.4 Å². The molecule has 2 aromatic carbocycles. The highest BCUT2D eigenvalue weighted by molar-refractivity contribution is 6.10. The van der Waals surface area contributed by atoms with Gasteiger partial charge in [-0.05, 0) is 18.1 Å². The molecule has 1 unspecified atom stereocenters. The number of aliphatic imine (C=N–C) groups is 1. The van der Waals surface area contributed by atoms with E-state index < -0.39 is 6.09 Å². The third kappa shape index (κ3) is 4.19. The van der Waals surface area contributed by atoms with Gasteiger partial charge in [-0.15, -0.1) is 0 Å². The van der Waals surface area contributed by atoms with Gasteiger partial charge in [0.15, 0.2) is 5.82 Å². The zero-order chi connectivity index (χ0) is 20.2. The molecular formula is C22H21N5O2. The fraction of sp³-hybridized carbons (Fsp3) is 0.136. The van der Waals surface area contributed by atoms with Crippen LogP contribution in [0.4, 0.5) is 27.8 Å². The van der Waals surface area contributed by atoms with Gasteiger partial charge >= 0.3 is 6.09 Å². The van der Waals surface area contributed by atoms with Crippen molar-refractivity contribution < 1.29 is 9.53 Å². The van der Waals surface area contributed by atoms with E-state index in [2.05, 4.69) is 15.6 Å². The molecule has 1 atom stereocenters. The Bertz CT molecular complexity index is 1050. The summed E-state index contributed by atoms with van der Waals surface area (Å²) in [6.45, 7) is 2.19. The maximum absolute atomic E-state index is 12.1. The van der Waals surface area contributed by atoms with Gasteiger partial charge in [-0.3, -0.25) is 5.32 Å². The first-order chi connectivity index (χ1) is 14.1. The number of nitrogens with one attached hydrogen (secondary N) is 2. The van der Waals surface area contributed by atoms with Gasteiger partial charge in [0.05, 0.1) is 17.4 Å². The van der Waals surface area contributed by atoms with Crippen molar-refractivity contribution in [3.63, 3.8) is 0 Å². The fourth-order valence-electron chi connectivity index (χ4n) is 3.16. The van der Waals surface area contributed by atoms with E-state index in [1.54, 1.807) is 6.07 Å². The summed E-state index contributed by atoms with van der Waals surface area (Å²) in [5.41, 5.74) is 10.2. The van der Waals surface area contributed by atoms with Crippen LogP contribution in [0.5, 0.6) is 0 Å². The summed E-state index contributed by atoms with van der Waals surface area (Å²) in [5.74, 6) is 0.533. The van der Waals surface area contributed by atoms with Gasteiger partial charge in [0.1, 0.15) is 18.1 Å². The summed E-state index contributed by atoms with van der Waals surface area (Å²) in [6.07, 6.45) is -0.599. The molecule has 146 valence electrons. The number of hydrogen-bond donors (Lipinski definition) is 3. The van der Waals surface area contributed by atoms with Gasteiger partial charge in [0.2, 0.25) is 0 Å². The SMILES string of the molecule is CC1Nc2cc(NC(=O)OCc3ccccc3)nc(N)c2N=C1c1ccccc1. The normalized spacial score (nSPS) is 14.9. The Labute approximate surface area is 168 Å². The minimum Gasteiger partial charge on any atom is -0.444 e. The highest BCUT2D eigenvalue weighted by Gasteiger charge is 2.23. The molecule has 1 aliphatic rings. The lowest BCUT2D eigenvalue weighted by atomic mass is 10.0. The van der Waals surface area contributed by atoms with E-state index in [1.165, 1.54) is 0 Å². The van der Waals surface area contributed by atoms with Crippen molar-refractivity contribution in [3.8, 4) is 0 Å². The summed E-state index contributed by atoms with van der Waals surface area (Å²) >= 11 is 0. The van der Waals surface area contributed by atoms with Crippen LogP contribution in [-0.2, 0) is 11.3 Å².